The highest BCUT2D eigenvalue weighted by atomic mass is 16.2. The first kappa shape index (κ1) is 16.3. The van der Waals surface area contributed by atoms with Gasteiger partial charge in [-0.25, -0.2) is 4.52 Å². The summed E-state index contributed by atoms with van der Waals surface area (Å²) in [4.78, 5) is 24.8. The molecular formula is C20H20N4O2. The smallest absolute Gasteiger partial charge is 0.232 e. The number of carbonyl (C=O) groups is 2. The molecule has 6 heteroatoms. The molecule has 3 aromatic rings. The molecule has 132 valence electrons. The van der Waals surface area contributed by atoms with Crippen molar-refractivity contribution in [3.8, 4) is 0 Å². The Bertz CT molecular complexity index is 1020. The van der Waals surface area contributed by atoms with E-state index in [-0.39, 0.29) is 18.2 Å². The maximum absolute atomic E-state index is 12.4. The molecule has 0 bridgehead atoms. The molecule has 0 radical (unpaired) electrons. The third-order valence-corrected chi connectivity index (χ3v) is 4.83. The van der Waals surface area contributed by atoms with Crippen LogP contribution in [0.15, 0.2) is 42.7 Å². The Kier molecular flexibility index (Phi) is 3.95. The standard InChI is InChI=1S/C20H20N4O2/c1-12-7-13(2)19-15(20(26)23-16(19)8-12)9-18(25)21-10-14-11-22-24-6-4-3-5-17(14)24/h3-8,11,15H,9-10H2,1-2H3,(H,21,25)(H,23,26)/t15-/m0/s1. The Morgan fingerprint density at radius 1 is 1.31 bits per heavy atom. The molecule has 3 heterocycles. The molecule has 4 rings (SSSR count). The van der Waals surface area contributed by atoms with Crippen molar-refractivity contribution in [3.63, 3.8) is 0 Å². The van der Waals surface area contributed by atoms with Gasteiger partial charge in [-0.2, -0.15) is 5.10 Å². The van der Waals surface area contributed by atoms with E-state index in [1.54, 1.807) is 10.7 Å². The van der Waals surface area contributed by atoms with Gasteiger partial charge in [-0.3, -0.25) is 9.59 Å². The van der Waals surface area contributed by atoms with Crippen LogP contribution >= 0.6 is 0 Å². The van der Waals surface area contributed by atoms with Gasteiger partial charge < -0.3 is 10.6 Å². The summed E-state index contributed by atoms with van der Waals surface area (Å²) < 4.78 is 1.77. The highest BCUT2D eigenvalue weighted by molar-refractivity contribution is 6.05. The molecule has 1 aliphatic heterocycles. The Morgan fingerprint density at radius 2 is 2.15 bits per heavy atom. The fourth-order valence-corrected chi connectivity index (χ4v) is 3.67. The molecule has 1 aromatic carbocycles. The number of benzene rings is 1. The van der Waals surface area contributed by atoms with Gasteiger partial charge in [0.15, 0.2) is 0 Å². The Hall–Kier alpha value is -3.15. The van der Waals surface area contributed by atoms with Crippen LogP contribution in [-0.4, -0.2) is 21.4 Å². The van der Waals surface area contributed by atoms with Crippen LogP contribution in [0.2, 0.25) is 0 Å². The number of fused-ring (bicyclic) bond motifs is 2. The molecule has 6 nitrogen and oxygen atoms in total. The first-order chi connectivity index (χ1) is 12.5. The maximum atomic E-state index is 12.4. The molecule has 0 saturated carbocycles. The predicted octanol–water partition coefficient (Wildman–Crippen LogP) is 2.69. The van der Waals surface area contributed by atoms with E-state index >= 15 is 0 Å². The number of carbonyl (C=O) groups excluding carboxylic acids is 2. The van der Waals surface area contributed by atoms with E-state index < -0.39 is 5.92 Å². The van der Waals surface area contributed by atoms with Gasteiger partial charge in [0, 0.05) is 30.4 Å². The number of hydrogen-bond acceptors (Lipinski definition) is 3. The van der Waals surface area contributed by atoms with Gasteiger partial charge >= 0.3 is 0 Å². The van der Waals surface area contributed by atoms with Crippen molar-refractivity contribution in [2.45, 2.75) is 32.7 Å². The van der Waals surface area contributed by atoms with Crippen molar-refractivity contribution in [2.75, 3.05) is 5.32 Å². The topological polar surface area (TPSA) is 75.5 Å². The van der Waals surface area contributed by atoms with E-state index in [4.69, 9.17) is 0 Å². The normalized spacial score (nSPS) is 15.8. The third kappa shape index (κ3) is 2.83. The molecule has 0 spiro atoms. The molecule has 26 heavy (non-hydrogen) atoms. The van der Waals surface area contributed by atoms with E-state index in [1.165, 1.54) is 0 Å². The van der Waals surface area contributed by atoms with Gasteiger partial charge in [0.1, 0.15) is 0 Å². The number of anilines is 1. The second-order valence-corrected chi connectivity index (χ2v) is 6.77. The number of pyridine rings is 1. The number of hydrogen-bond donors (Lipinski definition) is 2. The summed E-state index contributed by atoms with van der Waals surface area (Å²) in [6.07, 6.45) is 3.76. The van der Waals surface area contributed by atoms with Crippen LogP contribution < -0.4 is 10.6 Å². The Labute approximate surface area is 151 Å². The number of aromatic nitrogens is 2. The summed E-state index contributed by atoms with van der Waals surface area (Å²) in [7, 11) is 0. The summed E-state index contributed by atoms with van der Waals surface area (Å²) in [5.74, 6) is -0.692. The summed E-state index contributed by atoms with van der Waals surface area (Å²) >= 11 is 0. The Balaban J connectivity index is 1.47. The number of nitrogens with one attached hydrogen (secondary N) is 2. The van der Waals surface area contributed by atoms with E-state index in [1.807, 2.05) is 50.4 Å². The summed E-state index contributed by atoms with van der Waals surface area (Å²) in [5.41, 5.74) is 5.81. The lowest BCUT2D eigenvalue weighted by molar-refractivity contribution is -0.125. The molecule has 2 amide bonds. The zero-order valence-corrected chi connectivity index (χ0v) is 14.7. The minimum Gasteiger partial charge on any atom is -0.352 e. The van der Waals surface area contributed by atoms with Crippen LogP contribution in [0.1, 0.15) is 34.6 Å². The van der Waals surface area contributed by atoms with Gasteiger partial charge in [-0.05, 0) is 48.7 Å². The van der Waals surface area contributed by atoms with E-state index in [0.717, 1.165) is 33.5 Å². The minimum atomic E-state index is -0.436. The van der Waals surface area contributed by atoms with Crippen LogP contribution in [0, 0.1) is 13.8 Å². The molecule has 1 atom stereocenters. The van der Waals surface area contributed by atoms with Gasteiger partial charge in [0.2, 0.25) is 11.8 Å². The Morgan fingerprint density at radius 3 is 3.00 bits per heavy atom. The number of nitrogens with zero attached hydrogens (tertiary/aromatic N) is 2. The summed E-state index contributed by atoms with van der Waals surface area (Å²) in [5, 5.41) is 10.1. The molecule has 2 aromatic heterocycles. The molecule has 0 fully saturated rings. The number of amides is 2. The average molecular weight is 348 g/mol. The van der Waals surface area contributed by atoms with Crippen molar-refractivity contribution in [1.82, 2.24) is 14.9 Å². The molecule has 0 unspecified atom stereocenters. The van der Waals surface area contributed by atoms with E-state index in [2.05, 4.69) is 15.7 Å². The first-order valence-electron chi connectivity index (χ1n) is 8.63. The molecular weight excluding hydrogens is 328 g/mol. The van der Waals surface area contributed by atoms with Gasteiger partial charge in [0.05, 0.1) is 17.6 Å². The fourth-order valence-electron chi connectivity index (χ4n) is 3.67. The van der Waals surface area contributed by atoms with Gasteiger partial charge in [-0.1, -0.05) is 12.1 Å². The van der Waals surface area contributed by atoms with Crippen molar-refractivity contribution in [1.29, 1.82) is 0 Å². The van der Waals surface area contributed by atoms with Crippen LogP contribution in [0.4, 0.5) is 5.69 Å². The monoisotopic (exact) mass is 348 g/mol. The van der Waals surface area contributed by atoms with Gasteiger partial charge in [-0.15, -0.1) is 0 Å². The quantitative estimate of drug-likeness (QED) is 0.761. The van der Waals surface area contributed by atoms with E-state index in [0.29, 0.717) is 6.54 Å². The van der Waals surface area contributed by atoms with E-state index in [9.17, 15) is 9.59 Å². The summed E-state index contributed by atoms with van der Waals surface area (Å²) in [6.45, 7) is 4.37. The number of aryl methyl sites for hydroxylation is 2. The fraction of sp³-hybridized carbons (Fsp3) is 0.250. The second-order valence-electron chi connectivity index (χ2n) is 6.77. The summed E-state index contributed by atoms with van der Waals surface area (Å²) in [6, 6.07) is 9.80. The predicted molar refractivity (Wildman–Crippen MR) is 98.9 cm³/mol. The second kappa shape index (κ2) is 6.29. The zero-order valence-electron chi connectivity index (χ0n) is 14.7. The lowest BCUT2D eigenvalue weighted by Gasteiger charge is -2.12. The third-order valence-electron chi connectivity index (χ3n) is 4.83. The largest absolute Gasteiger partial charge is 0.352 e. The van der Waals surface area contributed by atoms with Crippen molar-refractivity contribution < 1.29 is 9.59 Å². The van der Waals surface area contributed by atoms with Crippen molar-refractivity contribution in [3.05, 3.63) is 65.0 Å². The maximum Gasteiger partial charge on any atom is 0.232 e. The molecule has 0 saturated heterocycles. The lowest BCUT2D eigenvalue weighted by atomic mass is 9.92. The average Bonchev–Trinajstić information content (AvgIpc) is 3.14. The van der Waals surface area contributed by atoms with Crippen LogP contribution in [-0.2, 0) is 16.1 Å². The molecule has 0 aliphatic carbocycles. The number of rotatable bonds is 4. The zero-order chi connectivity index (χ0) is 18.3. The van der Waals surface area contributed by atoms with Crippen LogP contribution in [0.3, 0.4) is 0 Å². The molecule has 1 aliphatic rings. The molecule has 2 N–H and O–H groups in total. The van der Waals surface area contributed by atoms with Crippen LogP contribution in [0.5, 0.6) is 0 Å². The van der Waals surface area contributed by atoms with Gasteiger partial charge in [0.25, 0.3) is 0 Å². The first-order valence-corrected chi connectivity index (χ1v) is 8.63. The lowest BCUT2D eigenvalue weighted by Crippen LogP contribution is -2.26. The van der Waals surface area contributed by atoms with Crippen LogP contribution in [0.25, 0.3) is 5.52 Å². The van der Waals surface area contributed by atoms with Crippen molar-refractivity contribution in [2.24, 2.45) is 0 Å². The minimum absolute atomic E-state index is 0.111. The highest BCUT2D eigenvalue weighted by Crippen LogP contribution is 2.37. The van der Waals surface area contributed by atoms with Crippen molar-refractivity contribution >= 4 is 23.0 Å². The SMILES string of the molecule is Cc1cc(C)c2c(c1)NC(=O)[C@H]2CC(=O)NCc1cnn2ccccc12. The highest BCUT2D eigenvalue weighted by Gasteiger charge is 2.33.